The lowest BCUT2D eigenvalue weighted by molar-refractivity contribution is -0.137. The Morgan fingerprint density at radius 1 is 1.11 bits per heavy atom. The van der Waals surface area contributed by atoms with E-state index in [-0.39, 0.29) is 29.7 Å². The van der Waals surface area contributed by atoms with Gasteiger partial charge in [0.05, 0.1) is 28.2 Å². The molecule has 2 fully saturated rings. The van der Waals surface area contributed by atoms with Crippen molar-refractivity contribution >= 4 is 46.8 Å². The summed E-state index contributed by atoms with van der Waals surface area (Å²) in [6.07, 6.45) is 3.80. The average molecular weight is 660 g/mol. The number of carbonyl (C=O) groups excluding carboxylic acids is 3. The largest absolute Gasteiger partial charge is 0.444 e. The molecule has 0 bridgehead atoms. The standard InChI is InChI=1S/C32H37Cl2FN6O4/c1-32(2,3)45-31(44)36-21-9-11-26(35)22(14-21)27-18-41(38-37-27)17-19-7-5-6-12-40(16-19)30(43)23-15-28(42)39(4)29(23)20-8-10-24(33)25(34)13-20/h8-11,13-14,18-19,23,29H,5-7,12,15-17H2,1-4H3,(H,36,44). The molecule has 0 saturated carbocycles. The van der Waals surface area contributed by atoms with Crippen LogP contribution in [-0.2, 0) is 20.9 Å². The van der Waals surface area contributed by atoms with Crippen molar-refractivity contribution in [2.75, 3.05) is 25.5 Å². The Morgan fingerprint density at radius 2 is 1.89 bits per heavy atom. The van der Waals surface area contributed by atoms with Crippen LogP contribution in [0.25, 0.3) is 11.3 Å². The van der Waals surface area contributed by atoms with Gasteiger partial charge in [0.2, 0.25) is 11.8 Å². The SMILES string of the molecule is CN1C(=O)CC(C(=O)N2CCCCC(Cn3cc(-c4cc(NC(=O)OC(C)(C)C)ccc4F)nn3)C2)C1c1ccc(Cl)c(Cl)c1. The van der Waals surface area contributed by atoms with Crippen molar-refractivity contribution in [3.8, 4) is 11.3 Å². The molecule has 10 nitrogen and oxygen atoms in total. The van der Waals surface area contributed by atoms with Crippen molar-refractivity contribution in [1.82, 2.24) is 24.8 Å². The summed E-state index contributed by atoms with van der Waals surface area (Å²) in [5, 5.41) is 11.8. The lowest BCUT2D eigenvalue weighted by Gasteiger charge is -2.31. The number of hydrogen-bond donors (Lipinski definition) is 1. The van der Waals surface area contributed by atoms with E-state index < -0.39 is 29.5 Å². The van der Waals surface area contributed by atoms with Crippen molar-refractivity contribution < 1.29 is 23.5 Å². The maximum Gasteiger partial charge on any atom is 0.412 e. The summed E-state index contributed by atoms with van der Waals surface area (Å²) >= 11 is 12.4. The molecule has 1 N–H and O–H groups in total. The summed E-state index contributed by atoms with van der Waals surface area (Å²) in [4.78, 5) is 42.4. The van der Waals surface area contributed by atoms with E-state index in [2.05, 4.69) is 15.6 Å². The molecule has 0 spiro atoms. The first-order valence-electron chi connectivity index (χ1n) is 15.0. The Balaban J connectivity index is 1.28. The molecule has 2 aliphatic heterocycles. The lowest BCUT2D eigenvalue weighted by Crippen LogP contribution is -2.41. The van der Waals surface area contributed by atoms with Gasteiger partial charge in [0.1, 0.15) is 17.1 Å². The van der Waals surface area contributed by atoms with Gasteiger partial charge in [-0.15, -0.1) is 5.10 Å². The van der Waals surface area contributed by atoms with Crippen molar-refractivity contribution in [3.05, 3.63) is 64.0 Å². The van der Waals surface area contributed by atoms with Gasteiger partial charge >= 0.3 is 6.09 Å². The van der Waals surface area contributed by atoms with Crippen molar-refractivity contribution in [2.24, 2.45) is 11.8 Å². The van der Waals surface area contributed by atoms with E-state index in [0.717, 1.165) is 24.8 Å². The van der Waals surface area contributed by atoms with E-state index in [9.17, 15) is 18.8 Å². The number of amides is 3. The maximum absolute atomic E-state index is 14.8. The fraction of sp³-hybridized carbons (Fsp3) is 0.469. The summed E-state index contributed by atoms with van der Waals surface area (Å²) in [6, 6.07) is 8.99. The Morgan fingerprint density at radius 3 is 2.62 bits per heavy atom. The third-order valence-electron chi connectivity index (χ3n) is 8.14. The number of nitrogens with zero attached hydrogens (tertiary/aromatic N) is 5. The fourth-order valence-corrected chi connectivity index (χ4v) is 6.36. The Bertz CT molecular complexity index is 1590. The quantitative estimate of drug-likeness (QED) is 0.320. The molecule has 2 aliphatic rings. The van der Waals surface area contributed by atoms with Crippen LogP contribution in [0.5, 0.6) is 0 Å². The van der Waals surface area contributed by atoms with Gasteiger partial charge in [0, 0.05) is 44.4 Å². The van der Waals surface area contributed by atoms with E-state index in [1.165, 1.54) is 18.2 Å². The third-order valence-corrected chi connectivity index (χ3v) is 8.88. The average Bonchev–Trinajstić information content (AvgIpc) is 3.45. The fourth-order valence-electron chi connectivity index (χ4n) is 6.05. The molecule has 1 aromatic heterocycles. The summed E-state index contributed by atoms with van der Waals surface area (Å²) in [5.74, 6) is -1.12. The highest BCUT2D eigenvalue weighted by atomic mass is 35.5. The second-order valence-corrected chi connectivity index (χ2v) is 13.5. The zero-order valence-electron chi connectivity index (χ0n) is 25.7. The first-order chi connectivity index (χ1) is 21.3. The van der Waals surface area contributed by atoms with Gasteiger partial charge in [-0.1, -0.05) is 40.9 Å². The van der Waals surface area contributed by atoms with Crippen molar-refractivity contribution in [3.63, 3.8) is 0 Å². The highest BCUT2D eigenvalue weighted by Gasteiger charge is 2.44. The Hall–Kier alpha value is -3.70. The first-order valence-corrected chi connectivity index (χ1v) is 15.7. The summed E-state index contributed by atoms with van der Waals surface area (Å²) < 4.78 is 21.8. The second kappa shape index (κ2) is 13.3. The molecule has 240 valence electrons. The number of halogens is 3. The van der Waals surface area contributed by atoms with E-state index in [1.54, 1.807) is 55.7 Å². The number of hydrogen-bond acceptors (Lipinski definition) is 6. The number of carbonyl (C=O) groups is 3. The van der Waals surface area contributed by atoms with Crippen LogP contribution in [0.4, 0.5) is 14.9 Å². The second-order valence-electron chi connectivity index (χ2n) is 12.7. The molecule has 3 heterocycles. The highest BCUT2D eigenvalue weighted by molar-refractivity contribution is 6.42. The number of ether oxygens (including phenoxy) is 1. The Kier molecular flexibility index (Phi) is 9.69. The summed E-state index contributed by atoms with van der Waals surface area (Å²) in [5.41, 5.74) is 0.971. The molecule has 5 rings (SSSR count). The molecular weight excluding hydrogens is 622 g/mol. The van der Waals surface area contributed by atoms with Crippen LogP contribution in [0, 0.1) is 17.7 Å². The molecule has 45 heavy (non-hydrogen) atoms. The highest BCUT2D eigenvalue weighted by Crippen LogP contribution is 2.40. The van der Waals surface area contributed by atoms with Gasteiger partial charge in [-0.25, -0.2) is 9.18 Å². The molecule has 3 atom stereocenters. The number of likely N-dealkylation sites (tertiary alicyclic amines) is 2. The van der Waals surface area contributed by atoms with E-state index in [4.69, 9.17) is 27.9 Å². The van der Waals surface area contributed by atoms with Crippen LogP contribution in [0.3, 0.4) is 0 Å². The molecule has 3 aromatic rings. The van der Waals surface area contributed by atoms with Gasteiger partial charge in [0.15, 0.2) is 0 Å². The topological polar surface area (TPSA) is 110 Å². The molecular formula is C32H37Cl2FN6O4. The lowest BCUT2D eigenvalue weighted by atomic mass is 9.92. The number of nitrogens with one attached hydrogen (secondary N) is 1. The van der Waals surface area contributed by atoms with E-state index in [0.29, 0.717) is 41.1 Å². The summed E-state index contributed by atoms with van der Waals surface area (Å²) in [7, 11) is 1.71. The third kappa shape index (κ3) is 7.76. The molecule has 3 amide bonds. The van der Waals surface area contributed by atoms with Crippen LogP contribution in [-0.4, -0.2) is 68.4 Å². The van der Waals surface area contributed by atoms with Crippen LogP contribution in [0.15, 0.2) is 42.6 Å². The minimum Gasteiger partial charge on any atom is -0.444 e. The van der Waals surface area contributed by atoms with Crippen molar-refractivity contribution in [1.29, 1.82) is 0 Å². The zero-order valence-corrected chi connectivity index (χ0v) is 27.2. The minimum atomic E-state index is -0.675. The van der Waals surface area contributed by atoms with Gasteiger partial charge < -0.3 is 14.5 Å². The Labute approximate surface area is 271 Å². The molecule has 2 saturated heterocycles. The van der Waals surface area contributed by atoms with E-state index in [1.807, 2.05) is 11.0 Å². The van der Waals surface area contributed by atoms with Crippen LogP contribution in [0.1, 0.15) is 58.1 Å². The van der Waals surface area contributed by atoms with Crippen LogP contribution in [0.2, 0.25) is 10.0 Å². The maximum atomic E-state index is 14.8. The van der Waals surface area contributed by atoms with Crippen molar-refractivity contribution in [2.45, 2.75) is 64.6 Å². The van der Waals surface area contributed by atoms with Gasteiger partial charge in [-0.05, 0) is 75.4 Å². The molecule has 3 unspecified atom stereocenters. The predicted octanol–water partition coefficient (Wildman–Crippen LogP) is 6.59. The first kappa shape index (κ1) is 32.7. The molecule has 0 aliphatic carbocycles. The monoisotopic (exact) mass is 658 g/mol. The number of aromatic nitrogens is 3. The molecule has 13 heteroatoms. The zero-order chi connectivity index (χ0) is 32.5. The van der Waals surface area contributed by atoms with Crippen LogP contribution >= 0.6 is 23.2 Å². The number of anilines is 1. The smallest absolute Gasteiger partial charge is 0.412 e. The minimum absolute atomic E-state index is 0.0636. The van der Waals surface area contributed by atoms with Crippen LogP contribution < -0.4 is 5.32 Å². The molecule has 0 radical (unpaired) electrons. The van der Waals surface area contributed by atoms with Gasteiger partial charge in [-0.2, -0.15) is 0 Å². The van der Waals surface area contributed by atoms with Gasteiger partial charge in [0.25, 0.3) is 0 Å². The number of benzene rings is 2. The van der Waals surface area contributed by atoms with E-state index >= 15 is 0 Å². The normalized spacial score (nSPS) is 20.7. The van der Waals surface area contributed by atoms with Gasteiger partial charge in [-0.3, -0.25) is 19.6 Å². The number of rotatable bonds is 6. The predicted molar refractivity (Wildman–Crippen MR) is 169 cm³/mol. The molecule has 2 aromatic carbocycles. The summed E-state index contributed by atoms with van der Waals surface area (Å²) in [6.45, 7) is 6.85.